The number of amides is 1. The lowest BCUT2D eigenvalue weighted by molar-refractivity contribution is 0.0353. The molecule has 3 aromatic carbocycles. The minimum absolute atomic E-state index is 0.103. The van der Waals surface area contributed by atoms with Crippen molar-refractivity contribution in [1.29, 1.82) is 0 Å². The van der Waals surface area contributed by atoms with Crippen LogP contribution in [0.1, 0.15) is 34.1 Å². The molecule has 0 radical (unpaired) electrons. The standard InChI is InChI=1S/C28H24Cl2N2O4/c29-21-9-7-18(16-22(21)30)24-23-25(33)20-8-6-17-4-1-2-5-19(17)26(20)36-27(23)28(34)32(24)11-3-10-31-12-14-35-15-13-31/h1-2,4-9,16,24H,3,10-15H2. The van der Waals surface area contributed by atoms with Gasteiger partial charge in [0.2, 0.25) is 5.76 Å². The molecule has 1 unspecified atom stereocenters. The van der Waals surface area contributed by atoms with Gasteiger partial charge >= 0.3 is 0 Å². The summed E-state index contributed by atoms with van der Waals surface area (Å²) in [7, 11) is 0. The van der Waals surface area contributed by atoms with Gasteiger partial charge in [0.25, 0.3) is 5.91 Å². The van der Waals surface area contributed by atoms with Gasteiger partial charge in [-0.05, 0) is 35.6 Å². The van der Waals surface area contributed by atoms with Crippen molar-refractivity contribution < 1.29 is 13.9 Å². The Labute approximate surface area is 217 Å². The number of carbonyl (C=O) groups excluding carboxylic acids is 1. The molecule has 3 heterocycles. The van der Waals surface area contributed by atoms with Gasteiger partial charge in [-0.15, -0.1) is 0 Å². The number of morpholine rings is 1. The number of ether oxygens (including phenoxy) is 1. The first-order valence-corrected chi connectivity index (χ1v) is 12.8. The normalized spacial score (nSPS) is 18.3. The average molecular weight is 523 g/mol. The summed E-state index contributed by atoms with van der Waals surface area (Å²) in [5.41, 5.74) is 1.33. The zero-order valence-corrected chi connectivity index (χ0v) is 21.0. The van der Waals surface area contributed by atoms with E-state index in [4.69, 9.17) is 32.4 Å². The maximum atomic E-state index is 13.9. The third-order valence-corrected chi connectivity index (χ3v) is 7.83. The van der Waals surface area contributed by atoms with Crippen molar-refractivity contribution in [1.82, 2.24) is 9.80 Å². The summed E-state index contributed by atoms with van der Waals surface area (Å²) in [6, 6.07) is 16.0. The lowest BCUT2D eigenvalue weighted by Crippen LogP contribution is -2.38. The van der Waals surface area contributed by atoms with Crippen LogP contribution in [0.2, 0.25) is 10.0 Å². The second kappa shape index (κ2) is 9.52. The second-order valence-corrected chi connectivity index (χ2v) is 10.0. The highest BCUT2D eigenvalue weighted by Crippen LogP contribution is 2.40. The topological polar surface area (TPSA) is 63.0 Å². The fourth-order valence-electron chi connectivity index (χ4n) is 5.30. The molecule has 1 amide bonds. The van der Waals surface area contributed by atoms with Gasteiger partial charge in [-0.1, -0.05) is 59.6 Å². The molecule has 184 valence electrons. The first kappa shape index (κ1) is 23.5. The lowest BCUT2D eigenvalue weighted by atomic mass is 9.97. The van der Waals surface area contributed by atoms with E-state index in [9.17, 15) is 9.59 Å². The summed E-state index contributed by atoms with van der Waals surface area (Å²) in [5, 5.41) is 3.00. The van der Waals surface area contributed by atoms with Crippen molar-refractivity contribution in [2.75, 3.05) is 39.4 Å². The Bertz CT molecular complexity index is 1540. The van der Waals surface area contributed by atoms with Gasteiger partial charge in [-0.3, -0.25) is 14.5 Å². The quantitative estimate of drug-likeness (QED) is 0.323. The lowest BCUT2D eigenvalue weighted by Gasteiger charge is -2.29. The number of nitrogens with zero attached hydrogens (tertiary/aromatic N) is 2. The number of halogens is 2. The first-order valence-electron chi connectivity index (χ1n) is 12.1. The molecule has 1 atom stereocenters. The molecule has 0 spiro atoms. The summed E-state index contributed by atoms with van der Waals surface area (Å²) in [4.78, 5) is 31.7. The van der Waals surface area contributed by atoms with Crippen LogP contribution < -0.4 is 5.43 Å². The minimum Gasteiger partial charge on any atom is -0.450 e. The molecule has 8 heteroatoms. The van der Waals surface area contributed by atoms with E-state index in [1.807, 2.05) is 36.4 Å². The molecule has 0 aliphatic carbocycles. The summed E-state index contributed by atoms with van der Waals surface area (Å²) in [6.45, 7) is 4.51. The SMILES string of the molecule is O=C1c2oc3c(ccc4ccccc43)c(=O)c2C(c2ccc(Cl)c(Cl)c2)N1CCCN1CCOCC1. The molecular formula is C28H24Cl2N2O4. The van der Waals surface area contributed by atoms with Gasteiger partial charge in [0.15, 0.2) is 5.43 Å². The molecule has 36 heavy (non-hydrogen) atoms. The third kappa shape index (κ3) is 3.98. The molecular weight excluding hydrogens is 499 g/mol. The number of hydrogen-bond donors (Lipinski definition) is 0. The van der Waals surface area contributed by atoms with Gasteiger partial charge in [-0.25, -0.2) is 0 Å². The van der Waals surface area contributed by atoms with Crippen molar-refractivity contribution in [2.24, 2.45) is 0 Å². The van der Waals surface area contributed by atoms with Gasteiger partial charge in [-0.2, -0.15) is 0 Å². The van der Waals surface area contributed by atoms with Crippen LogP contribution >= 0.6 is 23.2 Å². The molecule has 6 rings (SSSR count). The Kier molecular flexibility index (Phi) is 6.21. The van der Waals surface area contributed by atoms with Crippen LogP contribution in [-0.4, -0.2) is 55.1 Å². The fraction of sp³-hybridized carbons (Fsp3) is 0.286. The summed E-state index contributed by atoms with van der Waals surface area (Å²) < 4.78 is 11.7. The van der Waals surface area contributed by atoms with Crippen LogP contribution in [0, 0.1) is 0 Å². The van der Waals surface area contributed by atoms with E-state index in [-0.39, 0.29) is 17.1 Å². The molecule has 4 aromatic rings. The number of benzene rings is 3. The second-order valence-electron chi connectivity index (χ2n) is 9.22. The van der Waals surface area contributed by atoms with E-state index in [2.05, 4.69) is 4.90 Å². The number of fused-ring (bicyclic) bond motifs is 4. The van der Waals surface area contributed by atoms with Crippen molar-refractivity contribution >= 4 is 50.9 Å². The van der Waals surface area contributed by atoms with E-state index in [1.165, 1.54) is 0 Å². The Morgan fingerprint density at radius 3 is 2.50 bits per heavy atom. The van der Waals surface area contributed by atoms with Gasteiger partial charge < -0.3 is 14.1 Å². The van der Waals surface area contributed by atoms with Crippen molar-refractivity contribution in [3.8, 4) is 0 Å². The van der Waals surface area contributed by atoms with Crippen LogP contribution in [-0.2, 0) is 4.74 Å². The summed E-state index contributed by atoms with van der Waals surface area (Å²) in [6.07, 6.45) is 0.758. The molecule has 0 N–H and O–H groups in total. The monoisotopic (exact) mass is 522 g/mol. The van der Waals surface area contributed by atoms with Crippen LogP contribution in [0.3, 0.4) is 0 Å². The largest absolute Gasteiger partial charge is 0.450 e. The Morgan fingerprint density at radius 2 is 1.69 bits per heavy atom. The van der Waals surface area contributed by atoms with E-state index in [1.54, 1.807) is 23.1 Å². The third-order valence-electron chi connectivity index (χ3n) is 7.09. The predicted octanol–water partition coefficient (Wildman–Crippen LogP) is 5.52. The van der Waals surface area contributed by atoms with Crippen molar-refractivity contribution in [3.05, 3.63) is 91.8 Å². The molecule has 0 saturated carbocycles. The Hall–Kier alpha value is -2.90. The van der Waals surface area contributed by atoms with Gasteiger partial charge in [0.1, 0.15) is 5.58 Å². The van der Waals surface area contributed by atoms with Crippen LogP contribution in [0.25, 0.3) is 21.7 Å². The number of carbonyl (C=O) groups is 1. The molecule has 1 fully saturated rings. The fourth-order valence-corrected chi connectivity index (χ4v) is 5.60. The van der Waals surface area contributed by atoms with Gasteiger partial charge in [0, 0.05) is 31.6 Å². The van der Waals surface area contributed by atoms with E-state index in [0.717, 1.165) is 55.6 Å². The first-order chi connectivity index (χ1) is 17.5. The maximum absolute atomic E-state index is 13.9. The van der Waals surface area contributed by atoms with E-state index in [0.29, 0.717) is 33.1 Å². The highest BCUT2D eigenvalue weighted by molar-refractivity contribution is 6.42. The zero-order valence-electron chi connectivity index (χ0n) is 19.5. The Balaban J connectivity index is 1.46. The van der Waals surface area contributed by atoms with Gasteiger partial charge in [0.05, 0.1) is 40.3 Å². The number of rotatable bonds is 5. The molecule has 6 nitrogen and oxygen atoms in total. The average Bonchev–Trinajstić information content (AvgIpc) is 3.18. The van der Waals surface area contributed by atoms with Crippen molar-refractivity contribution in [3.63, 3.8) is 0 Å². The molecule has 0 bridgehead atoms. The summed E-state index contributed by atoms with van der Waals surface area (Å²) in [5.74, 6) is -0.179. The molecule has 2 aliphatic heterocycles. The highest BCUT2D eigenvalue weighted by Gasteiger charge is 2.42. The van der Waals surface area contributed by atoms with E-state index >= 15 is 0 Å². The van der Waals surface area contributed by atoms with Crippen LogP contribution in [0.5, 0.6) is 0 Å². The maximum Gasteiger partial charge on any atom is 0.290 e. The predicted molar refractivity (Wildman–Crippen MR) is 141 cm³/mol. The summed E-state index contributed by atoms with van der Waals surface area (Å²) >= 11 is 12.5. The van der Waals surface area contributed by atoms with Crippen LogP contribution in [0.4, 0.5) is 0 Å². The molecule has 1 aromatic heterocycles. The van der Waals surface area contributed by atoms with E-state index < -0.39 is 6.04 Å². The smallest absolute Gasteiger partial charge is 0.290 e. The zero-order chi connectivity index (χ0) is 24.8. The molecule has 2 aliphatic rings. The highest BCUT2D eigenvalue weighted by atomic mass is 35.5. The number of hydrogen-bond acceptors (Lipinski definition) is 5. The molecule has 1 saturated heterocycles. The minimum atomic E-state index is -0.598. The Morgan fingerprint density at radius 1 is 0.889 bits per heavy atom. The van der Waals surface area contributed by atoms with Crippen molar-refractivity contribution in [2.45, 2.75) is 12.5 Å². The van der Waals surface area contributed by atoms with Crippen LogP contribution in [0.15, 0.2) is 63.8 Å².